The van der Waals surface area contributed by atoms with Gasteiger partial charge in [-0.3, -0.25) is 14.4 Å². The number of hydrogen-bond acceptors (Lipinski definition) is 18. The molecule has 2 rings (SSSR count). The second-order valence-electron chi connectivity index (χ2n) is 26.3. The van der Waals surface area contributed by atoms with Crippen molar-refractivity contribution in [1.82, 2.24) is 21.3 Å². The molecule has 1 aromatic rings. The van der Waals surface area contributed by atoms with Crippen LogP contribution in [0.25, 0.3) is 0 Å². The van der Waals surface area contributed by atoms with Crippen LogP contribution >= 0.6 is 0 Å². The number of esters is 1. The Morgan fingerprint density at radius 3 is 1.52 bits per heavy atom. The summed E-state index contributed by atoms with van der Waals surface area (Å²) in [6, 6.07) is 4.87. The molecule has 105 heavy (non-hydrogen) atoms. The predicted molar refractivity (Wildman–Crippen MR) is 413 cm³/mol. The van der Waals surface area contributed by atoms with Gasteiger partial charge in [0.15, 0.2) is 6.29 Å². The summed E-state index contributed by atoms with van der Waals surface area (Å²) < 4.78 is 45.3. The number of alkyl carbamates (subject to hydrolysis) is 1. The number of amides is 4. The molecule has 22 heteroatoms. The minimum Gasteiger partial charge on any atom is -0.492 e. The number of benzene rings is 1. The average Bonchev–Trinajstić information content (AvgIpc) is 0.814. The van der Waals surface area contributed by atoms with E-state index in [1.807, 2.05) is 18.2 Å². The van der Waals surface area contributed by atoms with E-state index in [0.29, 0.717) is 44.4 Å². The first-order valence-electron chi connectivity index (χ1n) is 37.7. The molecule has 0 spiro atoms. The zero-order valence-electron chi connectivity index (χ0n) is 64.0. The number of aliphatic hydroxyl groups excluding tert-OH is 5. The van der Waals surface area contributed by atoms with Gasteiger partial charge in [0.1, 0.15) is 55.0 Å². The smallest absolute Gasteiger partial charge is 0.410 e. The van der Waals surface area contributed by atoms with Crippen molar-refractivity contribution in [2.75, 3.05) is 39.5 Å². The third-order valence-corrected chi connectivity index (χ3v) is 15.5. The van der Waals surface area contributed by atoms with E-state index in [1.54, 1.807) is 65.8 Å². The number of unbranched alkanes of at least 4 members (excludes halogenated alkanes) is 1. The highest BCUT2D eigenvalue weighted by Gasteiger charge is 2.45. The van der Waals surface area contributed by atoms with Gasteiger partial charge in [0.05, 0.1) is 44.2 Å². The maximum atomic E-state index is 14.0. The third-order valence-electron chi connectivity index (χ3n) is 15.5. The molecule has 1 heterocycles. The maximum Gasteiger partial charge on any atom is 0.410 e. The molecular weight excluding hydrogens is 1340 g/mol. The summed E-state index contributed by atoms with van der Waals surface area (Å²) in [5.74, 6) is -1.10. The molecule has 0 radical (unpaired) electrons. The maximum absolute atomic E-state index is 14.0. The summed E-state index contributed by atoms with van der Waals surface area (Å²) in [4.78, 5) is 66.7. The first-order valence-corrected chi connectivity index (χ1v) is 37.7. The van der Waals surface area contributed by atoms with Crippen molar-refractivity contribution in [2.24, 2.45) is 0 Å². The van der Waals surface area contributed by atoms with Crippen molar-refractivity contribution in [2.45, 2.75) is 270 Å². The van der Waals surface area contributed by atoms with Gasteiger partial charge in [0, 0.05) is 25.8 Å². The molecule has 0 aliphatic carbocycles. The number of allylic oxidation sites excluding steroid dienone is 24. The average molecular weight is 1470 g/mol. The normalized spacial score (nSPS) is 18.8. The summed E-state index contributed by atoms with van der Waals surface area (Å²) in [7, 11) is 0. The number of rotatable bonds is 56. The lowest BCUT2D eigenvalue weighted by atomic mass is 9.99. The van der Waals surface area contributed by atoms with Gasteiger partial charge in [-0.25, -0.2) is 9.59 Å². The van der Waals surface area contributed by atoms with Crippen molar-refractivity contribution in [3.63, 3.8) is 0 Å². The topological polar surface area (TPSA) is 308 Å². The molecular formula is C83H128N4O18. The van der Waals surface area contributed by atoms with Gasteiger partial charge in [-0.05, 0) is 175 Å². The van der Waals surface area contributed by atoms with Crippen LogP contribution in [0.2, 0.25) is 0 Å². The number of ether oxygens (including phenoxy) is 8. The number of carbonyl (C=O) groups is 5. The fourth-order valence-electron chi connectivity index (χ4n) is 9.84. The van der Waals surface area contributed by atoms with Crippen LogP contribution in [0.3, 0.4) is 0 Å². The van der Waals surface area contributed by atoms with Gasteiger partial charge in [0.2, 0.25) is 24.0 Å². The zero-order valence-corrected chi connectivity index (χ0v) is 64.0. The third kappa shape index (κ3) is 48.5. The minimum absolute atomic E-state index is 0.00408. The largest absolute Gasteiger partial charge is 0.492 e. The number of carbonyl (C=O) groups excluding carboxylic acids is 5. The van der Waals surface area contributed by atoms with E-state index in [0.717, 1.165) is 76.2 Å². The van der Waals surface area contributed by atoms with E-state index < -0.39 is 104 Å². The molecule has 1 aliphatic rings. The molecule has 0 aromatic heterocycles. The van der Waals surface area contributed by atoms with Gasteiger partial charge in [-0.1, -0.05) is 172 Å². The summed E-state index contributed by atoms with van der Waals surface area (Å²) >= 11 is 0. The van der Waals surface area contributed by atoms with Crippen LogP contribution in [0.4, 0.5) is 4.79 Å². The molecule has 1 fully saturated rings. The summed E-state index contributed by atoms with van der Waals surface area (Å²) in [6.45, 7) is 15.7. The second-order valence-corrected chi connectivity index (χ2v) is 26.3. The van der Waals surface area contributed by atoms with E-state index >= 15 is 0 Å². The minimum atomic E-state index is -2.25. The van der Waals surface area contributed by atoms with Crippen LogP contribution in [0.5, 0.6) is 5.75 Å². The first kappa shape index (κ1) is 93.7. The van der Waals surface area contributed by atoms with Crippen molar-refractivity contribution in [3.8, 4) is 5.75 Å². The molecule has 11 atom stereocenters. The molecule has 1 aromatic carbocycles. The van der Waals surface area contributed by atoms with Gasteiger partial charge in [-0.2, -0.15) is 0 Å². The second kappa shape index (κ2) is 59.8. The molecule has 4 amide bonds. The first-order chi connectivity index (χ1) is 50.6. The summed E-state index contributed by atoms with van der Waals surface area (Å²) in [6.07, 6.45) is 48.3. The molecule has 22 nitrogen and oxygen atoms in total. The molecule has 1 saturated heterocycles. The Hall–Kier alpha value is -7.35. The monoisotopic (exact) mass is 1470 g/mol. The van der Waals surface area contributed by atoms with E-state index in [4.69, 9.17) is 37.9 Å². The Balaban J connectivity index is 2.07. The fraction of sp³-hybridized carbons (Fsp3) is 0.578. The van der Waals surface area contributed by atoms with Crippen molar-refractivity contribution in [1.29, 1.82) is 0 Å². The lowest BCUT2D eigenvalue weighted by Crippen LogP contribution is -2.60. The van der Waals surface area contributed by atoms with Gasteiger partial charge >= 0.3 is 12.1 Å². The van der Waals surface area contributed by atoms with Crippen LogP contribution in [0.15, 0.2) is 170 Å². The van der Waals surface area contributed by atoms with Gasteiger partial charge < -0.3 is 84.7 Å². The number of aliphatic hydroxyl groups is 5. The quantitative estimate of drug-likeness (QED) is 0.0127. The Morgan fingerprint density at radius 1 is 0.571 bits per heavy atom. The molecule has 1 aliphatic heterocycles. The summed E-state index contributed by atoms with van der Waals surface area (Å²) in [5, 5.41) is 65.1. The Bertz CT molecular complexity index is 2890. The molecule has 7 unspecified atom stereocenters. The van der Waals surface area contributed by atoms with Crippen LogP contribution in [0, 0.1) is 0 Å². The summed E-state index contributed by atoms with van der Waals surface area (Å²) in [5.41, 5.74) is 0.0531. The van der Waals surface area contributed by atoms with E-state index in [-0.39, 0.29) is 63.9 Å². The van der Waals surface area contributed by atoms with Crippen molar-refractivity contribution >= 4 is 29.8 Å². The Labute approximate surface area is 626 Å². The van der Waals surface area contributed by atoms with Crippen LogP contribution in [-0.4, -0.2) is 174 Å². The zero-order chi connectivity index (χ0) is 77.1. The lowest BCUT2D eigenvalue weighted by molar-refractivity contribution is -0.329. The highest BCUT2D eigenvalue weighted by atomic mass is 16.8. The predicted octanol–water partition coefficient (Wildman–Crippen LogP) is 12.6. The number of hydrogen-bond donors (Lipinski definition) is 9. The lowest BCUT2D eigenvalue weighted by Gasteiger charge is -2.41. The molecule has 9 N–H and O–H groups in total. The Morgan fingerprint density at radius 2 is 1.06 bits per heavy atom. The molecule has 588 valence electrons. The standard InChI is InChI=1S/C83H128N4O18/c1-10-13-15-17-19-21-23-25-27-29-31-33-35-37-39-41-43-45-47-52-72(89)84-59-60-99-67-56-54-66(55-57-67)61-69(86-73(90)53-48-46-44-42-40-38-36-34-32-30-28-26-24-22-20-18-16-14-11-2)77(94)85-58-50-49-51-68(78(95)98-12-3)87-82(97)105-79(96)81(103-70(65(6)88)63-101-83(7,8)9)100-62-71-74(91)75(92)76(93)80(104-71)102-64(4)5/h13-16,19-22,25-28,31-34,37-40,43-46,54-57,64-65,68-71,74-76,79-81,88,91-93,96H,10-12,17-18,23-24,29-30,35-36,41-42,47-53,58-63H2,1-9H3,(H,84,89)(H,85,94)(H,86,90)(H,87,97)/b15-13-,16-14-,21-19-,22-20-,27-25-,28-26-,33-31-,34-32-,39-37-,40-38-,45-43-,46-44-/t65-,68-,69-,70?,71?,74?,75?,76?,79-,80?,81?/m0/s1. The Kier molecular flexibility index (Phi) is 53.3. The highest BCUT2D eigenvalue weighted by molar-refractivity contribution is 5.88. The van der Waals surface area contributed by atoms with Crippen LogP contribution < -0.4 is 26.0 Å². The fourth-order valence-corrected chi connectivity index (χ4v) is 9.84. The van der Waals surface area contributed by atoms with E-state index in [1.165, 1.54) is 6.92 Å². The molecule has 0 saturated carbocycles. The van der Waals surface area contributed by atoms with Crippen molar-refractivity contribution in [3.05, 3.63) is 176 Å². The van der Waals surface area contributed by atoms with Gasteiger partial charge in [-0.15, -0.1) is 0 Å². The van der Waals surface area contributed by atoms with Crippen LogP contribution in [0.1, 0.15) is 190 Å². The highest BCUT2D eigenvalue weighted by Crippen LogP contribution is 2.25. The number of nitrogens with one attached hydrogen (secondary N) is 4. The van der Waals surface area contributed by atoms with Gasteiger partial charge in [0.25, 0.3) is 6.29 Å². The van der Waals surface area contributed by atoms with E-state index in [2.05, 4.69) is 163 Å². The van der Waals surface area contributed by atoms with Crippen LogP contribution in [-0.2, 0) is 58.8 Å². The molecule has 0 bridgehead atoms. The van der Waals surface area contributed by atoms with Crippen molar-refractivity contribution < 1.29 is 87.4 Å². The van der Waals surface area contributed by atoms with E-state index in [9.17, 15) is 49.5 Å². The SMILES string of the molecule is CC/C=C\C/C=C\C/C=C\C/C=C\C/C=C\C/C=C\CCC(=O)NCCOc1ccc(C[C@H](NC(=O)CC/C=C\C/C=C\C/C=C\C/C=C\C/C=C\C/C=C\CC)C(=O)NCCCC[C@H](NC(=O)O[C@H](O)C(OCC2OC(OC(C)C)C(O)C(O)C2O)OC(COC(C)(C)C)[C@H](C)O)C(=O)OCC)cc1.